The molecular formula is C8H15NO2S. The Balaban J connectivity index is 2.15. The van der Waals surface area contributed by atoms with Crippen LogP contribution in [0.1, 0.15) is 19.8 Å². The zero-order valence-electron chi connectivity index (χ0n) is 7.34. The number of carbonyl (C=O) groups excluding carboxylic acids is 1. The zero-order valence-corrected chi connectivity index (χ0v) is 8.15. The van der Waals surface area contributed by atoms with Crippen LogP contribution in [0.25, 0.3) is 0 Å². The van der Waals surface area contributed by atoms with Crippen molar-refractivity contribution in [3.05, 3.63) is 0 Å². The standard InChI is InChI=1S/C8H15NO2S/c1-2-11-8(10)9-7-4-3-5-12-6-7/h7H,2-6H2,1H3,(H,9,10). The number of ether oxygens (including phenoxy) is 1. The molecule has 1 heterocycles. The predicted molar refractivity (Wildman–Crippen MR) is 50.5 cm³/mol. The molecule has 3 nitrogen and oxygen atoms in total. The highest BCUT2D eigenvalue weighted by Gasteiger charge is 2.15. The Morgan fingerprint density at radius 3 is 3.17 bits per heavy atom. The summed E-state index contributed by atoms with van der Waals surface area (Å²) in [6.45, 7) is 2.26. The van der Waals surface area contributed by atoms with Gasteiger partial charge in [0.15, 0.2) is 0 Å². The van der Waals surface area contributed by atoms with Gasteiger partial charge in [-0.15, -0.1) is 0 Å². The van der Waals surface area contributed by atoms with Gasteiger partial charge in [0.05, 0.1) is 6.61 Å². The van der Waals surface area contributed by atoms with Crippen LogP contribution in [0.15, 0.2) is 0 Å². The summed E-state index contributed by atoms with van der Waals surface area (Å²) in [6.07, 6.45) is 2.01. The summed E-state index contributed by atoms with van der Waals surface area (Å²) >= 11 is 1.89. The van der Waals surface area contributed by atoms with Gasteiger partial charge in [0, 0.05) is 11.8 Å². The normalized spacial score (nSPS) is 23.2. The molecule has 1 amide bonds. The first kappa shape index (κ1) is 9.71. The predicted octanol–water partition coefficient (Wildman–Crippen LogP) is 1.63. The third-order valence-corrected chi connectivity index (χ3v) is 2.97. The second-order valence-electron chi connectivity index (χ2n) is 2.78. The summed E-state index contributed by atoms with van der Waals surface area (Å²) in [4.78, 5) is 11.0. The van der Waals surface area contributed by atoms with Gasteiger partial charge in [0.1, 0.15) is 0 Å². The van der Waals surface area contributed by atoms with Gasteiger partial charge < -0.3 is 10.1 Å². The molecule has 0 aliphatic carbocycles. The average molecular weight is 189 g/mol. The lowest BCUT2D eigenvalue weighted by Gasteiger charge is -2.21. The number of rotatable bonds is 2. The number of amides is 1. The molecule has 1 aliphatic heterocycles. The minimum atomic E-state index is -0.273. The van der Waals surface area contributed by atoms with Gasteiger partial charge >= 0.3 is 6.09 Å². The number of alkyl carbamates (subject to hydrolysis) is 1. The fourth-order valence-electron chi connectivity index (χ4n) is 1.19. The highest BCUT2D eigenvalue weighted by atomic mass is 32.2. The van der Waals surface area contributed by atoms with E-state index in [-0.39, 0.29) is 6.09 Å². The maximum absolute atomic E-state index is 11.0. The van der Waals surface area contributed by atoms with Crippen molar-refractivity contribution in [1.82, 2.24) is 5.32 Å². The van der Waals surface area contributed by atoms with Crippen molar-refractivity contribution in [3.8, 4) is 0 Å². The molecule has 1 aliphatic rings. The lowest BCUT2D eigenvalue weighted by Crippen LogP contribution is -2.38. The molecule has 0 aromatic heterocycles. The van der Waals surface area contributed by atoms with E-state index < -0.39 is 0 Å². The third kappa shape index (κ3) is 3.34. The summed E-state index contributed by atoms with van der Waals surface area (Å²) < 4.78 is 4.79. The number of carbonyl (C=O) groups is 1. The van der Waals surface area contributed by atoms with Crippen LogP contribution in [0.2, 0.25) is 0 Å². The Labute approximate surface area is 77.2 Å². The maximum atomic E-state index is 11.0. The van der Waals surface area contributed by atoms with Gasteiger partial charge in [-0.05, 0) is 25.5 Å². The Hall–Kier alpha value is -0.380. The van der Waals surface area contributed by atoms with E-state index in [9.17, 15) is 4.79 Å². The molecule has 0 aromatic carbocycles. The molecule has 0 bridgehead atoms. The minimum Gasteiger partial charge on any atom is -0.450 e. The van der Waals surface area contributed by atoms with Crippen LogP contribution >= 0.6 is 11.8 Å². The van der Waals surface area contributed by atoms with Crippen LogP contribution in [0.5, 0.6) is 0 Å². The van der Waals surface area contributed by atoms with Crippen LogP contribution in [0.4, 0.5) is 4.79 Å². The van der Waals surface area contributed by atoms with Crippen molar-refractivity contribution in [3.63, 3.8) is 0 Å². The fraction of sp³-hybridized carbons (Fsp3) is 0.875. The molecule has 0 aromatic rings. The quantitative estimate of drug-likeness (QED) is 0.717. The molecule has 1 unspecified atom stereocenters. The smallest absolute Gasteiger partial charge is 0.407 e. The van der Waals surface area contributed by atoms with Gasteiger partial charge in [-0.2, -0.15) is 11.8 Å². The first-order chi connectivity index (χ1) is 5.83. The summed E-state index contributed by atoms with van der Waals surface area (Å²) in [5, 5.41) is 2.84. The lowest BCUT2D eigenvalue weighted by molar-refractivity contribution is 0.148. The van der Waals surface area contributed by atoms with E-state index in [0.717, 1.165) is 12.2 Å². The Morgan fingerprint density at radius 1 is 1.75 bits per heavy atom. The van der Waals surface area contributed by atoms with Gasteiger partial charge in [0.25, 0.3) is 0 Å². The van der Waals surface area contributed by atoms with Gasteiger partial charge in [-0.3, -0.25) is 0 Å². The minimum absolute atomic E-state index is 0.273. The van der Waals surface area contributed by atoms with Gasteiger partial charge in [-0.25, -0.2) is 4.79 Å². The summed E-state index contributed by atoms with van der Waals surface area (Å²) in [6, 6.07) is 0.322. The van der Waals surface area contributed by atoms with E-state index in [1.165, 1.54) is 12.2 Å². The Kier molecular flexibility index (Phi) is 4.29. The molecule has 1 rings (SSSR count). The molecule has 70 valence electrons. The Morgan fingerprint density at radius 2 is 2.58 bits per heavy atom. The van der Waals surface area contributed by atoms with Crippen molar-refractivity contribution < 1.29 is 9.53 Å². The van der Waals surface area contributed by atoms with E-state index in [1.54, 1.807) is 0 Å². The monoisotopic (exact) mass is 189 g/mol. The van der Waals surface area contributed by atoms with Crippen LogP contribution in [-0.2, 0) is 4.74 Å². The van der Waals surface area contributed by atoms with Crippen molar-refractivity contribution in [2.75, 3.05) is 18.1 Å². The highest BCUT2D eigenvalue weighted by Crippen LogP contribution is 2.16. The van der Waals surface area contributed by atoms with Crippen molar-refractivity contribution in [1.29, 1.82) is 0 Å². The molecule has 1 N–H and O–H groups in total. The SMILES string of the molecule is CCOC(=O)NC1CCCSC1. The van der Waals surface area contributed by atoms with Crippen LogP contribution in [0.3, 0.4) is 0 Å². The van der Waals surface area contributed by atoms with Gasteiger partial charge in [-0.1, -0.05) is 0 Å². The highest BCUT2D eigenvalue weighted by molar-refractivity contribution is 7.99. The van der Waals surface area contributed by atoms with Gasteiger partial charge in [0.2, 0.25) is 0 Å². The van der Waals surface area contributed by atoms with E-state index in [1.807, 2.05) is 18.7 Å². The third-order valence-electron chi connectivity index (χ3n) is 1.76. The molecule has 12 heavy (non-hydrogen) atoms. The zero-order chi connectivity index (χ0) is 8.81. The number of nitrogens with one attached hydrogen (secondary N) is 1. The molecule has 0 saturated carbocycles. The molecule has 0 radical (unpaired) electrons. The second-order valence-corrected chi connectivity index (χ2v) is 3.93. The van der Waals surface area contributed by atoms with Crippen molar-refractivity contribution in [2.24, 2.45) is 0 Å². The molecule has 1 fully saturated rings. The number of thioether (sulfide) groups is 1. The van der Waals surface area contributed by atoms with E-state index >= 15 is 0 Å². The summed E-state index contributed by atoms with van der Waals surface area (Å²) in [5.41, 5.74) is 0. The average Bonchev–Trinajstić information content (AvgIpc) is 2.06. The first-order valence-electron chi connectivity index (χ1n) is 4.34. The van der Waals surface area contributed by atoms with E-state index in [0.29, 0.717) is 12.6 Å². The number of hydrogen-bond acceptors (Lipinski definition) is 3. The van der Waals surface area contributed by atoms with Crippen LogP contribution in [0, 0.1) is 0 Å². The fourth-order valence-corrected chi connectivity index (χ4v) is 2.27. The largest absolute Gasteiger partial charge is 0.450 e. The van der Waals surface area contributed by atoms with Crippen LogP contribution < -0.4 is 5.32 Å². The topological polar surface area (TPSA) is 38.3 Å². The summed E-state index contributed by atoms with van der Waals surface area (Å²) in [5.74, 6) is 2.25. The van der Waals surface area contributed by atoms with Crippen molar-refractivity contribution in [2.45, 2.75) is 25.8 Å². The molecule has 4 heteroatoms. The first-order valence-corrected chi connectivity index (χ1v) is 5.49. The molecule has 1 saturated heterocycles. The maximum Gasteiger partial charge on any atom is 0.407 e. The number of hydrogen-bond donors (Lipinski definition) is 1. The molecule has 1 atom stereocenters. The lowest BCUT2D eigenvalue weighted by atomic mass is 10.2. The van der Waals surface area contributed by atoms with E-state index in [4.69, 9.17) is 4.74 Å². The molecular weight excluding hydrogens is 174 g/mol. The summed E-state index contributed by atoms with van der Waals surface area (Å²) in [7, 11) is 0. The van der Waals surface area contributed by atoms with E-state index in [2.05, 4.69) is 5.32 Å². The Bertz CT molecular complexity index is 146. The molecule has 0 spiro atoms. The second kappa shape index (κ2) is 5.30. The van der Waals surface area contributed by atoms with Crippen LogP contribution in [-0.4, -0.2) is 30.2 Å². The van der Waals surface area contributed by atoms with Crippen molar-refractivity contribution >= 4 is 17.9 Å².